The molecule has 0 unspecified atom stereocenters. The first kappa shape index (κ1) is 18.0. The highest BCUT2D eigenvalue weighted by Crippen LogP contribution is 2.29. The fourth-order valence-corrected chi connectivity index (χ4v) is 2.57. The van der Waals surface area contributed by atoms with E-state index < -0.39 is 17.6 Å². The molecule has 26 heavy (non-hydrogen) atoms. The van der Waals surface area contributed by atoms with E-state index in [1.54, 1.807) is 24.3 Å². The first-order valence-electron chi connectivity index (χ1n) is 7.58. The quantitative estimate of drug-likeness (QED) is 0.726. The van der Waals surface area contributed by atoms with Crippen molar-refractivity contribution in [2.45, 2.75) is 12.7 Å². The van der Waals surface area contributed by atoms with Gasteiger partial charge in [-0.1, -0.05) is 35.9 Å². The molecular weight excluding hydrogens is 367 g/mol. The van der Waals surface area contributed by atoms with Crippen molar-refractivity contribution in [2.24, 2.45) is 0 Å². The molecule has 4 nitrogen and oxygen atoms in total. The van der Waals surface area contributed by atoms with Gasteiger partial charge in [-0.25, -0.2) is 4.68 Å². The van der Waals surface area contributed by atoms with Crippen LogP contribution in [0.15, 0.2) is 60.9 Å². The van der Waals surface area contributed by atoms with Gasteiger partial charge in [0.05, 0.1) is 28.0 Å². The molecule has 0 aliphatic rings. The molecule has 0 saturated heterocycles. The summed E-state index contributed by atoms with van der Waals surface area (Å²) < 4.78 is 39.6. The van der Waals surface area contributed by atoms with Gasteiger partial charge < -0.3 is 5.32 Å². The van der Waals surface area contributed by atoms with Crippen LogP contribution in [0.1, 0.15) is 21.5 Å². The van der Waals surface area contributed by atoms with E-state index in [-0.39, 0.29) is 12.1 Å². The molecule has 3 rings (SSSR count). The lowest BCUT2D eigenvalue weighted by atomic mass is 10.1. The van der Waals surface area contributed by atoms with Gasteiger partial charge in [0, 0.05) is 12.7 Å². The van der Waals surface area contributed by atoms with Crippen molar-refractivity contribution in [3.8, 4) is 5.69 Å². The van der Waals surface area contributed by atoms with Crippen molar-refractivity contribution in [1.29, 1.82) is 0 Å². The molecular formula is C18H13ClF3N3O. The molecule has 134 valence electrons. The van der Waals surface area contributed by atoms with Gasteiger partial charge in [0.15, 0.2) is 0 Å². The van der Waals surface area contributed by atoms with E-state index in [1.807, 2.05) is 0 Å². The van der Waals surface area contributed by atoms with Crippen LogP contribution in [0.4, 0.5) is 13.2 Å². The minimum Gasteiger partial charge on any atom is -0.348 e. The zero-order chi connectivity index (χ0) is 18.7. The summed E-state index contributed by atoms with van der Waals surface area (Å²) in [6.45, 7) is -0.0278. The van der Waals surface area contributed by atoms with Gasteiger partial charge in [-0.15, -0.1) is 0 Å². The SMILES string of the molecule is O=C(NCc1cccc(C(F)(F)F)c1)c1cnn(-c2ccccc2Cl)c1. The lowest BCUT2D eigenvalue weighted by Crippen LogP contribution is -2.22. The summed E-state index contributed by atoms with van der Waals surface area (Å²) in [7, 11) is 0. The first-order chi connectivity index (χ1) is 12.3. The summed E-state index contributed by atoms with van der Waals surface area (Å²) in [6.07, 6.45) is -1.55. The Balaban J connectivity index is 1.69. The zero-order valence-electron chi connectivity index (χ0n) is 13.3. The van der Waals surface area contributed by atoms with Gasteiger partial charge in [-0.3, -0.25) is 4.79 Å². The van der Waals surface area contributed by atoms with Crippen LogP contribution in [0.3, 0.4) is 0 Å². The molecule has 2 aromatic carbocycles. The van der Waals surface area contributed by atoms with Gasteiger partial charge in [0.25, 0.3) is 5.91 Å². The number of hydrogen-bond donors (Lipinski definition) is 1. The lowest BCUT2D eigenvalue weighted by molar-refractivity contribution is -0.137. The number of benzene rings is 2. The van der Waals surface area contributed by atoms with Gasteiger partial charge in [-0.2, -0.15) is 18.3 Å². The number of carbonyl (C=O) groups excluding carboxylic acids is 1. The van der Waals surface area contributed by atoms with Crippen molar-refractivity contribution in [3.63, 3.8) is 0 Å². The van der Waals surface area contributed by atoms with Crippen molar-refractivity contribution in [1.82, 2.24) is 15.1 Å². The van der Waals surface area contributed by atoms with Crippen LogP contribution in [-0.4, -0.2) is 15.7 Å². The molecule has 0 spiro atoms. The number of carbonyl (C=O) groups is 1. The van der Waals surface area contributed by atoms with Crippen molar-refractivity contribution < 1.29 is 18.0 Å². The van der Waals surface area contributed by atoms with Crippen LogP contribution in [0.2, 0.25) is 5.02 Å². The number of hydrogen-bond acceptors (Lipinski definition) is 2. The fraction of sp³-hybridized carbons (Fsp3) is 0.111. The van der Waals surface area contributed by atoms with Gasteiger partial charge in [0.1, 0.15) is 0 Å². The summed E-state index contributed by atoms with van der Waals surface area (Å²) in [5.41, 5.74) is 0.491. The Morgan fingerprint density at radius 3 is 2.65 bits per heavy atom. The topological polar surface area (TPSA) is 46.9 Å². The summed E-state index contributed by atoms with van der Waals surface area (Å²) in [5.74, 6) is -0.444. The summed E-state index contributed by atoms with van der Waals surface area (Å²) in [5, 5.41) is 7.15. The fourth-order valence-electron chi connectivity index (χ4n) is 2.35. The summed E-state index contributed by atoms with van der Waals surface area (Å²) in [6, 6.07) is 11.8. The van der Waals surface area contributed by atoms with E-state index in [2.05, 4.69) is 10.4 Å². The Labute approximate surface area is 152 Å². The summed E-state index contributed by atoms with van der Waals surface area (Å²) >= 11 is 6.09. The Bertz CT molecular complexity index is 937. The Kier molecular flexibility index (Phi) is 4.99. The maximum Gasteiger partial charge on any atom is 0.416 e. The van der Waals surface area contributed by atoms with E-state index in [0.717, 1.165) is 12.1 Å². The van der Waals surface area contributed by atoms with Crippen LogP contribution in [0.5, 0.6) is 0 Å². The molecule has 1 heterocycles. The van der Waals surface area contributed by atoms with Gasteiger partial charge in [-0.05, 0) is 29.8 Å². The highest BCUT2D eigenvalue weighted by molar-refractivity contribution is 6.32. The maximum atomic E-state index is 12.7. The second-order valence-corrected chi connectivity index (χ2v) is 5.91. The van der Waals surface area contributed by atoms with E-state index in [4.69, 9.17) is 11.6 Å². The molecule has 0 radical (unpaired) electrons. The van der Waals surface area contributed by atoms with Gasteiger partial charge in [0.2, 0.25) is 0 Å². The average molecular weight is 380 g/mol. The molecule has 0 atom stereocenters. The van der Waals surface area contributed by atoms with Crippen LogP contribution >= 0.6 is 11.6 Å². The molecule has 1 aromatic heterocycles. The molecule has 0 aliphatic heterocycles. The Morgan fingerprint density at radius 2 is 1.92 bits per heavy atom. The Hall–Kier alpha value is -2.80. The van der Waals surface area contributed by atoms with Crippen molar-refractivity contribution >= 4 is 17.5 Å². The molecule has 3 aromatic rings. The van der Waals surface area contributed by atoms with E-state index in [1.165, 1.54) is 29.2 Å². The van der Waals surface area contributed by atoms with Crippen LogP contribution in [-0.2, 0) is 12.7 Å². The molecule has 0 saturated carbocycles. The minimum absolute atomic E-state index is 0.0278. The second-order valence-electron chi connectivity index (χ2n) is 5.51. The number of rotatable bonds is 4. The normalized spacial score (nSPS) is 11.4. The third-order valence-electron chi connectivity index (χ3n) is 3.65. The number of aromatic nitrogens is 2. The van der Waals surface area contributed by atoms with Gasteiger partial charge >= 0.3 is 6.18 Å². The number of alkyl halides is 3. The standard InChI is InChI=1S/C18H13ClF3N3O/c19-15-6-1-2-7-16(15)25-11-13(10-24-25)17(26)23-9-12-4-3-5-14(8-12)18(20,21)22/h1-8,10-11H,9H2,(H,23,26). The zero-order valence-corrected chi connectivity index (χ0v) is 14.1. The molecule has 8 heteroatoms. The number of nitrogens with one attached hydrogen (secondary N) is 1. The lowest BCUT2D eigenvalue weighted by Gasteiger charge is -2.09. The molecule has 1 N–H and O–H groups in total. The highest BCUT2D eigenvalue weighted by atomic mass is 35.5. The predicted octanol–water partition coefficient (Wildman–Crippen LogP) is 4.47. The maximum absolute atomic E-state index is 12.7. The molecule has 1 amide bonds. The largest absolute Gasteiger partial charge is 0.416 e. The Morgan fingerprint density at radius 1 is 1.15 bits per heavy atom. The molecule has 0 fully saturated rings. The molecule has 0 aliphatic carbocycles. The van der Waals surface area contributed by atoms with E-state index >= 15 is 0 Å². The van der Waals surface area contributed by atoms with E-state index in [0.29, 0.717) is 16.3 Å². The third-order valence-corrected chi connectivity index (χ3v) is 3.97. The average Bonchev–Trinajstić information content (AvgIpc) is 3.09. The monoisotopic (exact) mass is 379 g/mol. The second kappa shape index (κ2) is 7.21. The minimum atomic E-state index is -4.42. The number of halogens is 4. The van der Waals surface area contributed by atoms with Crippen molar-refractivity contribution in [3.05, 3.63) is 82.6 Å². The first-order valence-corrected chi connectivity index (χ1v) is 7.96. The van der Waals surface area contributed by atoms with Crippen molar-refractivity contribution in [2.75, 3.05) is 0 Å². The highest BCUT2D eigenvalue weighted by Gasteiger charge is 2.30. The number of nitrogens with zero attached hydrogens (tertiary/aromatic N) is 2. The number of para-hydroxylation sites is 1. The van der Waals surface area contributed by atoms with Crippen LogP contribution in [0.25, 0.3) is 5.69 Å². The predicted molar refractivity (Wildman–Crippen MR) is 91.2 cm³/mol. The number of amides is 1. The third kappa shape index (κ3) is 4.05. The summed E-state index contributed by atoms with van der Waals surface area (Å²) in [4.78, 5) is 12.2. The van der Waals surface area contributed by atoms with Crippen LogP contribution < -0.4 is 5.32 Å². The smallest absolute Gasteiger partial charge is 0.348 e. The molecule has 0 bridgehead atoms. The van der Waals surface area contributed by atoms with Crippen LogP contribution in [0, 0.1) is 0 Å². The van der Waals surface area contributed by atoms with E-state index in [9.17, 15) is 18.0 Å².